The summed E-state index contributed by atoms with van der Waals surface area (Å²) in [5, 5.41) is 9.90. The van der Waals surface area contributed by atoms with Crippen LogP contribution in [-0.4, -0.2) is 34.7 Å². The van der Waals surface area contributed by atoms with Crippen LogP contribution in [-0.2, 0) is 4.79 Å². The summed E-state index contributed by atoms with van der Waals surface area (Å²) in [6.45, 7) is 4.37. The summed E-state index contributed by atoms with van der Waals surface area (Å²) in [4.78, 5) is 24.6. The first kappa shape index (κ1) is 20.3. The van der Waals surface area contributed by atoms with E-state index in [1.165, 1.54) is 16.8 Å². The molecular weight excluding hydrogens is 371 g/mol. The Morgan fingerprint density at radius 1 is 1.03 bits per heavy atom. The third-order valence-corrected chi connectivity index (χ3v) is 4.36. The average molecular weight is 394 g/mol. The highest BCUT2D eigenvalue weighted by atomic mass is 19.1. The third kappa shape index (κ3) is 5.07. The van der Waals surface area contributed by atoms with Crippen molar-refractivity contribution in [3.05, 3.63) is 71.7 Å². The van der Waals surface area contributed by atoms with Crippen molar-refractivity contribution < 1.29 is 14.0 Å². The van der Waals surface area contributed by atoms with Crippen molar-refractivity contribution in [1.82, 2.24) is 20.4 Å². The highest BCUT2D eigenvalue weighted by Gasteiger charge is 2.19. The molecule has 0 bridgehead atoms. The van der Waals surface area contributed by atoms with Gasteiger partial charge in [0, 0.05) is 18.3 Å². The molecule has 2 amide bonds. The Bertz CT molecular complexity index is 995. The van der Waals surface area contributed by atoms with E-state index in [-0.39, 0.29) is 18.3 Å². The van der Waals surface area contributed by atoms with Gasteiger partial charge in [-0.1, -0.05) is 36.8 Å². The number of aromatic nitrogens is 2. The molecule has 3 rings (SSSR count). The molecule has 0 atom stereocenters. The number of carbonyl (C=O) groups excluding carboxylic acids is 2. The van der Waals surface area contributed by atoms with E-state index < -0.39 is 5.91 Å². The Labute approximate surface area is 168 Å². The Morgan fingerprint density at radius 3 is 2.38 bits per heavy atom. The van der Waals surface area contributed by atoms with Crippen LogP contribution in [0.15, 0.2) is 54.7 Å². The van der Waals surface area contributed by atoms with Crippen LogP contribution in [0.5, 0.6) is 0 Å². The van der Waals surface area contributed by atoms with Gasteiger partial charge in [0.05, 0.1) is 17.8 Å². The van der Waals surface area contributed by atoms with E-state index >= 15 is 0 Å². The average Bonchev–Trinajstić information content (AvgIpc) is 3.17. The van der Waals surface area contributed by atoms with E-state index in [0.29, 0.717) is 23.5 Å². The van der Waals surface area contributed by atoms with Crippen LogP contribution in [0.2, 0.25) is 0 Å². The van der Waals surface area contributed by atoms with Crippen molar-refractivity contribution in [3.63, 3.8) is 0 Å². The maximum atomic E-state index is 13.3. The number of aryl methyl sites for hydroxylation is 1. The quantitative estimate of drug-likeness (QED) is 0.646. The number of halogens is 1. The fourth-order valence-electron chi connectivity index (χ4n) is 2.77. The normalized spacial score (nSPS) is 10.6. The lowest BCUT2D eigenvalue weighted by Gasteiger charge is -2.06. The van der Waals surface area contributed by atoms with E-state index in [1.807, 2.05) is 38.1 Å². The van der Waals surface area contributed by atoms with E-state index in [2.05, 4.69) is 15.7 Å². The van der Waals surface area contributed by atoms with Crippen LogP contribution in [0.3, 0.4) is 0 Å². The van der Waals surface area contributed by atoms with Gasteiger partial charge in [-0.25, -0.2) is 9.07 Å². The Balaban J connectivity index is 1.91. The molecule has 0 radical (unpaired) electrons. The van der Waals surface area contributed by atoms with E-state index in [4.69, 9.17) is 0 Å². The molecule has 0 aliphatic rings. The Morgan fingerprint density at radius 2 is 1.72 bits per heavy atom. The molecule has 0 saturated carbocycles. The third-order valence-electron chi connectivity index (χ3n) is 4.36. The molecule has 0 spiro atoms. The molecule has 0 aliphatic carbocycles. The molecule has 1 aromatic heterocycles. The molecule has 0 aliphatic heterocycles. The van der Waals surface area contributed by atoms with Crippen LogP contribution in [0, 0.1) is 12.7 Å². The highest BCUT2D eigenvalue weighted by Crippen LogP contribution is 2.24. The number of nitrogens with zero attached hydrogens (tertiary/aromatic N) is 2. The fourth-order valence-corrected chi connectivity index (χ4v) is 2.77. The Kier molecular flexibility index (Phi) is 6.39. The number of amides is 2. The van der Waals surface area contributed by atoms with E-state index in [0.717, 1.165) is 17.5 Å². The van der Waals surface area contributed by atoms with E-state index in [9.17, 15) is 14.0 Å². The van der Waals surface area contributed by atoms with Gasteiger partial charge in [0.1, 0.15) is 11.5 Å². The maximum absolute atomic E-state index is 13.3. The second-order valence-electron chi connectivity index (χ2n) is 6.71. The summed E-state index contributed by atoms with van der Waals surface area (Å²) < 4.78 is 14.8. The predicted molar refractivity (Wildman–Crippen MR) is 109 cm³/mol. The molecule has 2 aromatic carbocycles. The van der Waals surface area contributed by atoms with Crippen LogP contribution in [0.4, 0.5) is 4.39 Å². The van der Waals surface area contributed by atoms with Gasteiger partial charge in [-0.2, -0.15) is 5.10 Å². The molecule has 1 heterocycles. The molecule has 3 aromatic rings. The Hall–Kier alpha value is -3.48. The van der Waals surface area contributed by atoms with Gasteiger partial charge in [0.2, 0.25) is 5.91 Å². The lowest BCUT2D eigenvalue weighted by molar-refractivity contribution is -0.120. The largest absolute Gasteiger partial charge is 0.355 e. The first-order valence-corrected chi connectivity index (χ1v) is 9.45. The molecule has 0 saturated heterocycles. The minimum absolute atomic E-state index is 0.117. The summed E-state index contributed by atoms with van der Waals surface area (Å²) in [6, 6.07) is 13.5. The van der Waals surface area contributed by atoms with Crippen LogP contribution >= 0.6 is 0 Å². The summed E-state index contributed by atoms with van der Waals surface area (Å²) in [7, 11) is 0. The van der Waals surface area contributed by atoms with Crippen molar-refractivity contribution in [2.75, 3.05) is 13.1 Å². The zero-order chi connectivity index (χ0) is 20.8. The minimum Gasteiger partial charge on any atom is -0.355 e. The van der Waals surface area contributed by atoms with Crippen LogP contribution < -0.4 is 10.6 Å². The monoisotopic (exact) mass is 394 g/mol. The zero-order valence-corrected chi connectivity index (χ0v) is 16.4. The number of hydrogen-bond donors (Lipinski definition) is 2. The predicted octanol–water partition coefficient (Wildman–Crippen LogP) is 3.24. The molecule has 6 nitrogen and oxygen atoms in total. The number of nitrogens with one attached hydrogen (secondary N) is 2. The lowest BCUT2D eigenvalue weighted by Crippen LogP contribution is -2.37. The van der Waals surface area contributed by atoms with Crippen molar-refractivity contribution in [1.29, 1.82) is 0 Å². The van der Waals surface area contributed by atoms with Crippen molar-refractivity contribution in [2.45, 2.75) is 20.3 Å². The standard InChI is InChI=1S/C22H23FN4O2/c1-3-12-24-20(28)13-25-22(29)19-14-27(18-10-8-17(23)9-11-18)26-21(19)16-6-4-15(2)5-7-16/h4-11,14H,3,12-13H2,1-2H3,(H,24,28)(H,25,29). The lowest BCUT2D eigenvalue weighted by atomic mass is 10.1. The minimum atomic E-state index is -0.402. The van der Waals surface area contributed by atoms with Crippen LogP contribution in [0.1, 0.15) is 29.3 Å². The summed E-state index contributed by atoms with van der Waals surface area (Å²) >= 11 is 0. The SMILES string of the molecule is CCCNC(=O)CNC(=O)c1cn(-c2ccc(F)cc2)nc1-c1ccc(C)cc1. The van der Waals surface area contributed by atoms with Gasteiger partial charge in [0.15, 0.2) is 0 Å². The van der Waals surface area contributed by atoms with E-state index in [1.54, 1.807) is 18.3 Å². The molecule has 7 heteroatoms. The second-order valence-corrected chi connectivity index (χ2v) is 6.71. The first-order chi connectivity index (χ1) is 14.0. The molecule has 150 valence electrons. The van der Waals surface area contributed by atoms with Crippen molar-refractivity contribution in [2.24, 2.45) is 0 Å². The van der Waals surface area contributed by atoms with Gasteiger partial charge >= 0.3 is 0 Å². The van der Waals surface area contributed by atoms with Crippen molar-refractivity contribution >= 4 is 11.8 Å². The second kappa shape index (κ2) is 9.14. The zero-order valence-electron chi connectivity index (χ0n) is 16.4. The van der Waals surface area contributed by atoms with Gasteiger partial charge in [-0.15, -0.1) is 0 Å². The van der Waals surface area contributed by atoms with Gasteiger partial charge < -0.3 is 10.6 Å². The number of hydrogen-bond acceptors (Lipinski definition) is 3. The number of rotatable bonds is 7. The topological polar surface area (TPSA) is 76.0 Å². The fraction of sp³-hybridized carbons (Fsp3) is 0.227. The molecular formula is C22H23FN4O2. The van der Waals surface area contributed by atoms with Gasteiger partial charge in [-0.3, -0.25) is 9.59 Å². The molecule has 0 fully saturated rings. The number of benzene rings is 2. The highest BCUT2D eigenvalue weighted by molar-refractivity contribution is 6.01. The summed E-state index contributed by atoms with van der Waals surface area (Å²) in [5.74, 6) is -1.00. The molecule has 0 unspecified atom stereocenters. The van der Waals surface area contributed by atoms with Gasteiger partial charge in [-0.05, 0) is 37.6 Å². The maximum Gasteiger partial charge on any atom is 0.255 e. The first-order valence-electron chi connectivity index (χ1n) is 9.45. The summed E-state index contributed by atoms with van der Waals surface area (Å²) in [6.07, 6.45) is 2.41. The molecule has 29 heavy (non-hydrogen) atoms. The van der Waals surface area contributed by atoms with Crippen molar-refractivity contribution in [3.8, 4) is 16.9 Å². The van der Waals surface area contributed by atoms with Gasteiger partial charge in [0.25, 0.3) is 5.91 Å². The van der Waals surface area contributed by atoms with Crippen LogP contribution in [0.25, 0.3) is 16.9 Å². The number of carbonyl (C=O) groups is 2. The smallest absolute Gasteiger partial charge is 0.255 e. The summed E-state index contributed by atoms with van der Waals surface area (Å²) in [5.41, 5.74) is 3.31. The molecule has 2 N–H and O–H groups in total.